The van der Waals surface area contributed by atoms with Crippen molar-refractivity contribution in [2.45, 2.75) is 6.42 Å². The van der Waals surface area contributed by atoms with Crippen LogP contribution in [0.15, 0.2) is 40.9 Å². The van der Waals surface area contributed by atoms with Crippen molar-refractivity contribution in [2.24, 2.45) is 23.7 Å². The molecule has 1 aromatic carbocycles. The number of anilines is 1. The minimum absolute atomic E-state index is 0.0124. The highest BCUT2D eigenvalue weighted by molar-refractivity contribution is 9.10. The quantitative estimate of drug-likeness (QED) is 0.853. The Morgan fingerprint density at radius 2 is 1.70 bits per heavy atom. The van der Waals surface area contributed by atoms with Gasteiger partial charge in [0.05, 0.1) is 5.92 Å². The molecule has 2 aliphatic rings. The van der Waals surface area contributed by atoms with Crippen molar-refractivity contribution in [2.75, 3.05) is 5.32 Å². The van der Waals surface area contributed by atoms with Crippen molar-refractivity contribution in [1.82, 2.24) is 0 Å². The van der Waals surface area contributed by atoms with Crippen LogP contribution in [0.1, 0.15) is 6.42 Å². The van der Waals surface area contributed by atoms with Crippen LogP contribution in [0.3, 0.4) is 0 Å². The van der Waals surface area contributed by atoms with Gasteiger partial charge in [-0.25, -0.2) is 0 Å². The Bertz CT molecular complexity index is 581. The predicted molar refractivity (Wildman–Crippen MR) is 75.5 cm³/mol. The van der Waals surface area contributed by atoms with Crippen LogP contribution in [0, 0.1) is 23.7 Å². The van der Waals surface area contributed by atoms with Crippen LogP contribution in [0.25, 0.3) is 0 Å². The fraction of sp³-hybridized carbons (Fsp3) is 0.333. The Kier molecular flexibility index (Phi) is 3.38. The molecule has 1 N–H and O–H groups in total. The van der Waals surface area contributed by atoms with Crippen molar-refractivity contribution in [1.29, 1.82) is 0 Å². The summed E-state index contributed by atoms with van der Waals surface area (Å²) in [6.07, 6.45) is 4.58. The molecule has 1 fully saturated rings. The predicted octanol–water partition coefficient (Wildman–Crippen LogP) is 1.58. The number of fused-ring (bicyclic) bond motifs is 2. The molecule has 5 heteroatoms. The van der Waals surface area contributed by atoms with Gasteiger partial charge in [-0.05, 0) is 42.5 Å². The van der Waals surface area contributed by atoms with Gasteiger partial charge in [-0.1, -0.05) is 28.1 Å². The van der Waals surface area contributed by atoms with Gasteiger partial charge >= 0.3 is 0 Å². The van der Waals surface area contributed by atoms with Crippen LogP contribution < -0.4 is 10.4 Å². The summed E-state index contributed by atoms with van der Waals surface area (Å²) < 4.78 is 0.922. The lowest BCUT2D eigenvalue weighted by Gasteiger charge is -2.27. The lowest BCUT2D eigenvalue weighted by atomic mass is 9.82. The number of carboxylic acid groups (broad SMARTS) is 1. The number of halogens is 1. The first-order chi connectivity index (χ1) is 9.56. The van der Waals surface area contributed by atoms with Crippen molar-refractivity contribution in [3.05, 3.63) is 40.9 Å². The smallest absolute Gasteiger partial charge is 0.228 e. The zero-order chi connectivity index (χ0) is 14.3. The van der Waals surface area contributed by atoms with Crippen LogP contribution in [0.4, 0.5) is 5.69 Å². The third-order valence-electron chi connectivity index (χ3n) is 4.15. The maximum absolute atomic E-state index is 12.4. The number of carbonyl (C=O) groups excluding carboxylic acids is 2. The molecule has 3 rings (SSSR count). The number of hydrogen-bond acceptors (Lipinski definition) is 3. The number of rotatable bonds is 3. The van der Waals surface area contributed by atoms with E-state index in [0.29, 0.717) is 5.69 Å². The minimum Gasteiger partial charge on any atom is -0.550 e. The van der Waals surface area contributed by atoms with Crippen LogP contribution in [0.5, 0.6) is 0 Å². The molecular weight excluding hydrogens is 322 g/mol. The minimum atomic E-state index is -1.13. The molecule has 1 amide bonds. The van der Waals surface area contributed by atoms with E-state index in [1.165, 1.54) is 0 Å². The average Bonchev–Trinajstić information content (AvgIpc) is 3.01. The van der Waals surface area contributed by atoms with E-state index in [4.69, 9.17) is 0 Å². The van der Waals surface area contributed by atoms with Gasteiger partial charge in [-0.2, -0.15) is 0 Å². The number of carboxylic acids is 1. The summed E-state index contributed by atoms with van der Waals surface area (Å²) in [5, 5.41) is 14.1. The highest BCUT2D eigenvalue weighted by Gasteiger charge is 2.48. The number of carbonyl (C=O) groups is 2. The molecule has 0 saturated heterocycles. The highest BCUT2D eigenvalue weighted by atomic mass is 79.9. The molecule has 0 heterocycles. The summed E-state index contributed by atoms with van der Waals surface area (Å²) in [7, 11) is 0. The van der Waals surface area contributed by atoms with Crippen LogP contribution in [0.2, 0.25) is 0 Å². The van der Waals surface area contributed by atoms with Gasteiger partial charge in [0.2, 0.25) is 5.91 Å². The SMILES string of the molecule is O=C([O-])[C@@H]1[C@@H](C(=O)Nc2ccc(Br)cc2)[C@H]2C=C[C@H]1C2. The maximum Gasteiger partial charge on any atom is 0.228 e. The largest absolute Gasteiger partial charge is 0.550 e. The number of allylic oxidation sites excluding steroid dienone is 2. The molecule has 1 aromatic rings. The summed E-state index contributed by atoms with van der Waals surface area (Å²) in [6, 6.07) is 7.21. The van der Waals surface area contributed by atoms with Gasteiger partial charge < -0.3 is 15.2 Å². The Morgan fingerprint density at radius 3 is 2.30 bits per heavy atom. The van der Waals surface area contributed by atoms with E-state index in [1.54, 1.807) is 12.1 Å². The normalized spacial score (nSPS) is 30.4. The van der Waals surface area contributed by atoms with E-state index in [1.807, 2.05) is 24.3 Å². The van der Waals surface area contributed by atoms with Gasteiger partial charge in [0.15, 0.2) is 0 Å². The average molecular weight is 335 g/mol. The Labute approximate surface area is 125 Å². The van der Waals surface area contributed by atoms with Gasteiger partial charge in [0, 0.05) is 22.0 Å². The van der Waals surface area contributed by atoms with E-state index >= 15 is 0 Å². The molecule has 1 saturated carbocycles. The van der Waals surface area contributed by atoms with Gasteiger partial charge in [-0.3, -0.25) is 4.79 Å². The topological polar surface area (TPSA) is 69.2 Å². The molecule has 0 aliphatic heterocycles. The lowest BCUT2D eigenvalue weighted by molar-refractivity contribution is -0.313. The van der Waals surface area contributed by atoms with Gasteiger partial charge in [-0.15, -0.1) is 0 Å². The molecule has 4 atom stereocenters. The van der Waals surface area contributed by atoms with Gasteiger partial charge in [0.1, 0.15) is 0 Å². The molecule has 4 nitrogen and oxygen atoms in total. The molecule has 104 valence electrons. The van der Waals surface area contributed by atoms with E-state index in [9.17, 15) is 14.7 Å². The number of nitrogens with one attached hydrogen (secondary N) is 1. The van der Waals surface area contributed by atoms with Crippen LogP contribution in [-0.2, 0) is 9.59 Å². The number of hydrogen-bond donors (Lipinski definition) is 1. The zero-order valence-corrected chi connectivity index (χ0v) is 12.2. The van der Waals surface area contributed by atoms with E-state index in [2.05, 4.69) is 21.2 Å². The fourth-order valence-electron chi connectivity index (χ4n) is 3.26. The van der Waals surface area contributed by atoms with Crippen LogP contribution >= 0.6 is 15.9 Å². The van der Waals surface area contributed by atoms with E-state index in [0.717, 1.165) is 10.9 Å². The van der Waals surface area contributed by atoms with Crippen molar-refractivity contribution in [3.63, 3.8) is 0 Å². The number of benzene rings is 1. The third-order valence-corrected chi connectivity index (χ3v) is 4.67. The van der Waals surface area contributed by atoms with Crippen molar-refractivity contribution >= 4 is 33.5 Å². The molecule has 0 radical (unpaired) electrons. The molecule has 2 aliphatic carbocycles. The second kappa shape index (κ2) is 5.05. The van der Waals surface area contributed by atoms with E-state index in [-0.39, 0.29) is 17.7 Å². The zero-order valence-electron chi connectivity index (χ0n) is 10.6. The molecular formula is C15H13BrNO3-. The summed E-state index contributed by atoms with van der Waals surface area (Å²) in [4.78, 5) is 23.6. The molecule has 0 spiro atoms. The molecule has 2 bridgehead atoms. The first kappa shape index (κ1) is 13.4. The first-order valence-corrected chi connectivity index (χ1v) is 7.31. The molecule has 0 unspecified atom stereocenters. The molecule has 20 heavy (non-hydrogen) atoms. The second-order valence-electron chi connectivity index (χ2n) is 5.32. The number of amides is 1. The Balaban J connectivity index is 1.78. The summed E-state index contributed by atoms with van der Waals surface area (Å²) in [5.41, 5.74) is 0.669. The fourth-order valence-corrected chi connectivity index (χ4v) is 3.52. The summed E-state index contributed by atoms with van der Waals surface area (Å²) in [6.45, 7) is 0. The Hall–Kier alpha value is -1.62. The van der Waals surface area contributed by atoms with Crippen molar-refractivity contribution in [3.8, 4) is 0 Å². The standard InChI is InChI=1S/C15H14BrNO3/c16-10-3-5-11(6-4-10)17-14(18)12-8-1-2-9(7-8)13(12)15(19)20/h1-6,8-9,12-13H,7H2,(H,17,18)(H,19,20)/p-1/t8-,9-,12-,13-/m0/s1. The highest BCUT2D eigenvalue weighted by Crippen LogP contribution is 2.48. The monoisotopic (exact) mass is 334 g/mol. The summed E-state index contributed by atoms with van der Waals surface area (Å²) in [5.74, 6) is -2.65. The third kappa shape index (κ3) is 2.26. The van der Waals surface area contributed by atoms with E-state index < -0.39 is 17.8 Å². The maximum atomic E-state index is 12.4. The van der Waals surface area contributed by atoms with Gasteiger partial charge in [0.25, 0.3) is 0 Å². The summed E-state index contributed by atoms with van der Waals surface area (Å²) >= 11 is 3.33. The number of aliphatic carboxylic acids is 1. The first-order valence-electron chi connectivity index (χ1n) is 6.52. The lowest BCUT2D eigenvalue weighted by Crippen LogP contribution is -2.42. The molecule has 0 aromatic heterocycles. The Morgan fingerprint density at radius 1 is 1.10 bits per heavy atom. The second-order valence-corrected chi connectivity index (χ2v) is 6.23. The van der Waals surface area contributed by atoms with Crippen LogP contribution in [-0.4, -0.2) is 11.9 Å². The van der Waals surface area contributed by atoms with Crippen molar-refractivity contribution < 1.29 is 14.7 Å².